The Bertz CT molecular complexity index is 223. The molecule has 4 saturated carbocycles. The molecule has 4 rings (SSSR count). The summed E-state index contributed by atoms with van der Waals surface area (Å²) in [5, 5.41) is 0.874. The molecule has 4 bridgehead atoms. The Labute approximate surface area is 102 Å². The smallest absolute Gasteiger partial charge is 0.00890 e. The molecule has 0 spiro atoms. The third-order valence-electron chi connectivity index (χ3n) is 5.66. The van der Waals surface area contributed by atoms with E-state index in [9.17, 15) is 0 Å². The van der Waals surface area contributed by atoms with Crippen molar-refractivity contribution in [3.63, 3.8) is 0 Å². The van der Waals surface area contributed by atoms with Crippen molar-refractivity contribution in [3.05, 3.63) is 0 Å². The SMILES string of the molecule is CCCCP(C)C12CC3CC(CC(C3)C1)C2. The van der Waals surface area contributed by atoms with Gasteiger partial charge >= 0.3 is 0 Å². The first-order valence-corrected chi connectivity index (χ1v) is 9.40. The number of hydrogen-bond donors (Lipinski definition) is 0. The van der Waals surface area contributed by atoms with E-state index < -0.39 is 0 Å². The van der Waals surface area contributed by atoms with Crippen molar-refractivity contribution in [2.75, 3.05) is 12.8 Å². The molecule has 1 unspecified atom stereocenters. The maximum absolute atomic E-state index is 2.64. The Morgan fingerprint density at radius 1 is 1.00 bits per heavy atom. The van der Waals surface area contributed by atoms with Gasteiger partial charge in [-0.1, -0.05) is 13.3 Å². The first kappa shape index (κ1) is 11.5. The third kappa shape index (κ3) is 1.86. The van der Waals surface area contributed by atoms with Crippen molar-refractivity contribution >= 4 is 7.92 Å². The lowest BCUT2D eigenvalue weighted by Crippen LogP contribution is -2.49. The molecule has 0 aliphatic heterocycles. The van der Waals surface area contributed by atoms with Gasteiger partial charge in [0.2, 0.25) is 0 Å². The van der Waals surface area contributed by atoms with Crippen molar-refractivity contribution in [1.82, 2.24) is 0 Å². The van der Waals surface area contributed by atoms with Gasteiger partial charge in [0, 0.05) is 0 Å². The van der Waals surface area contributed by atoms with Crippen molar-refractivity contribution in [2.45, 2.75) is 63.4 Å². The molecule has 0 amide bonds. The van der Waals surface area contributed by atoms with E-state index in [1.165, 1.54) is 12.8 Å². The van der Waals surface area contributed by atoms with E-state index >= 15 is 0 Å². The first-order chi connectivity index (χ1) is 7.72. The van der Waals surface area contributed by atoms with E-state index in [2.05, 4.69) is 13.6 Å². The molecular formula is C15H27P. The van der Waals surface area contributed by atoms with E-state index in [0.717, 1.165) is 22.9 Å². The van der Waals surface area contributed by atoms with Gasteiger partial charge < -0.3 is 0 Å². The predicted molar refractivity (Wildman–Crippen MR) is 73.5 cm³/mol. The third-order valence-corrected chi connectivity index (χ3v) is 8.82. The van der Waals surface area contributed by atoms with Gasteiger partial charge in [-0.25, -0.2) is 0 Å². The highest BCUT2D eigenvalue weighted by atomic mass is 31.1. The summed E-state index contributed by atoms with van der Waals surface area (Å²) >= 11 is 0. The van der Waals surface area contributed by atoms with Gasteiger partial charge in [-0.3, -0.25) is 0 Å². The lowest BCUT2D eigenvalue weighted by molar-refractivity contribution is 0.0357. The van der Waals surface area contributed by atoms with Crippen LogP contribution >= 0.6 is 7.92 Å². The second-order valence-electron chi connectivity index (χ2n) is 6.92. The van der Waals surface area contributed by atoms with Crippen LogP contribution in [0, 0.1) is 17.8 Å². The molecule has 0 N–H and O–H groups in total. The van der Waals surface area contributed by atoms with Gasteiger partial charge in [-0.15, -0.1) is 7.92 Å². The van der Waals surface area contributed by atoms with Crippen LogP contribution in [0.3, 0.4) is 0 Å². The van der Waals surface area contributed by atoms with Crippen LogP contribution in [-0.2, 0) is 0 Å². The molecule has 16 heavy (non-hydrogen) atoms. The van der Waals surface area contributed by atoms with Crippen LogP contribution in [0.4, 0.5) is 0 Å². The summed E-state index contributed by atoms with van der Waals surface area (Å²) in [6, 6.07) is 0. The summed E-state index contributed by atoms with van der Waals surface area (Å²) in [7, 11) is 0.339. The summed E-state index contributed by atoms with van der Waals surface area (Å²) < 4.78 is 0. The molecule has 4 aliphatic rings. The fourth-order valence-electron chi connectivity index (χ4n) is 5.16. The molecule has 0 nitrogen and oxygen atoms in total. The molecule has 0 aromatic carbocycles. The minimum atomic E-state index is 0.339. The lowest BCUT2D eigenvalue weighted by Gasteiger charge is -2.59. The molecule has 1 heteroatoms. The summed E-state index contributed by atoms with van der Waals surface area (Å²) in [5.74, 6) is 3.45. The van der Waals surface area contributed by atoms with Gasteiger partial charge in [-0.2, -0.15) is 0 Å². The molecule has 0 radical (unpaired) electrons. The molecule has 0 saturated heterocycles. The van der Waals surface area contributed by atoms with Crippen molar-refractivity contribution in [2.24, 2.45) is 17.8 Å². The largest absolute Gasteiger partial charge is 0.104 e. The fraction of sp³-hybridized carbons (Fsp3) is 1.00. The van der Waals surface area contributed by atoms with Crippen molar-refractivity contribution < 1.29 is 0 Å². The summed E-state index contributed by atoms with van der Waals surface area (Å²) in [6.07, 6.45) is 14.2. The Balaban J connectivity index is 1.72. The van der Waals surface area contributed by atoms with Crippen LogP contribution in [0.25, 0.3) is 0 Å². The van der Waals surface area contributed by atoms with E-state index in [1.807, 2.05) is 0 Å². The van der Waals surface area contributed by atoms with Crippen LogP contribution in [-0.4, -0.2) is 18.0 Å². The van der Waals surface area contributed by atoms with Gasteiger partial charge in [0.25, 0.3) is 0 Å². The average molecular weight is 238 g/mol. The molecule has 4 aliphatic carbocycles. The van der Waals surface area contributed by atoms with Crippen LogP contribution in [0.15, 0.2) is 0 Å². The zero-order valence-corrected chi connectivity index (χ0v) is 11.9. The highest BCUT2D eigenvalue weighted by Crippen LogP contribution is 2.67. The maximum atomic E-state index is 2.64. The van der Waals surface area contributed by atoms with E-state index in [-0.39, 0.29) is 0 Å². The Hall–Kier alpha value is 0.430. The Morgan fingerprint density at radius 3 is 1.94 bits per heavy atom. The minimum Gasteiger partial charge on any atom is -0.104 e. The molecule has 0 aromatic heterocycles. The molecule has 4 fully saturated rings. The molecular weight excluding hydrogens is 211 g/mol. The Morgan fingerprint density at radius 2 is 1.50 bits per heavy atom. The fourth-order valence-corrected chi connectivity index (χ4v) is 8.14. The van der Waals surface area contributed by atoms with Gasteiger partial charge in [0.1, 0.15) is 0 Å². The summed E-state index contributed by atoms with van der Waals surface area (Å²) in [6.45, 7) is 4.99. The molecule has 0 aromatic rings. The average Bonchev–Trinajstić information content (AvgIpc) is 2.24. The zero-order chi connectivity index (χ0) is 11.2. The maximum Gasteiger partial charge on any atom is -0.00890 e. The summed E-state index contributed by atoms with van der Waals surface area (Å²) in [4.78, 5) is 0. The monoisotopic (exact) mass is 238 g/mol. The van der Waals surface area contributed by atoms with Gasteiger partial charge in [0.15, 0.2) is 0 Å². The predicted octanol–water partition coefficient (Wildman–Crippen LogP) is 4.87. The first-order valence-electron chi connectivity index (χ1n) is 7.43. The van der Waals surface area contributed by atoms with Crippen LogP contribution in [0.5, 0.6) is 0 Å². The molecule has 1 atom stereocenters. The van der Waals surface area contributed by atoms with Crippen LogP contribution in [0.2, 0.25) is 0 Å². The summed E-state index contributed by atoms with van der Waals surface area (Å²) in [5.41, 5.74) is 0. The number of unbranched alkanes of at least 4 members (excludes halogenated alkanes) is 1. The van der Waals surface area contributed by atoms with Gasteiger partial charge in [0.05, 0.1) is 0 Å². The lowest BCUT2D eigenvalue weighted by atomic mass is 9.56. The quantitative estimate of drug-likeness (QED) is 0.613. The van der Waals surface area contributed by atoms with E-state index in [1.54, 1.807) is 44.7 Å². The van der Waals surface area contributed by atoms with Crippen LogP contribution < -0.4 is 0 Å². The topological polar surface area (TPSA) is 0 Å². The van der Waals surface area contributed by atoms with Crippen LogP contribution in [0.1, 0.15) is 58.3 Å². The van der Waals surface area contributed by atoms with Crippen molar-refractivity contribution in [1.29, 1.82) is 0 Å². The standard InChI is InChI=1S/C15H27P/c1-3-4-5-16(2)15-9-12-6-13(10-15)8-14(7-12)11-15/h12-14H,3-11H2,1-2H3. The van der Waals surface area contributed by atoms with E-state index in [0.29, 0.717) is 7.92 Å². The zero-order valence-electron chi connectivity index (χ0n) is 11.0. The van der Waals surface area contributed by atoms with Crippen molar-refractivity contribution in [3.8, 4) is 0 Å². The van der Waals surface area contributed by atoms with Gasteiger partial charge in [-0.05, 0) is 80.7 Å². The minimum absolute atomic E-state index is 0.339. The molecule has 0 heterocycles. The Kier molecular flexibility index (Phi) is 3.07. The second kappa shape index (κ2) is 4.27. The second-order valence-corrected chi connectivity index (χ2v) is 9.71. The number of hydrogen-bond acceptors (Lipinski definition) is 0. The number of rotatable bonds is 4. The highest BCUT2D eigenvalue weighted by Gasteiger charge is 2.52. The molecule has 92 valence electrons. The van der Waals surface area contributed by atoms with E-state index in [4.69, 9.17) is 0 Å². The normalized spacial score (nSPS) is 47.2. The highest BCUT2D eigenvalue weighted by molar-refractivity contribution is 7.58.